The van der Waals surface area contributed by atoms with Gasteiger partial charge in [0.1, 0.15) is 5.69 Å². The molecule has 1 heterocycles. The van der Waals surface area contributed by atoms with Crippen molar-refractivity contribution in [2.75, 3.05) is 0 Å². The Morgan fingerprint density at radius 3 is 2.04 bits per heavy atom. The van der Waals surface area contributed by atoms with E-state index >= 15 is 0 Å². The Labute approximate surface area is 165 Å². The van der Waals surface area contributed by atoms with Gasteiger partial charge in [-0.15, -0.1) is 0 Å². The third kappa shape index (κ3) is 3.75. The first-order valence-corrected chi connectivity index (χ1v) is 7.98. The van der Waals surface area contributed by atoms with Crippen molar-refractivity contribution in [3.05, 3.63) is 95.0 Å². The van der Waals surface area contributed by atoms with E-state index in [-0.39, 0.29) is 22.7 Å². The molecule has 8 heteroatoms. The molecule has 0 saturated carbocycles. The summed E-state index contributed by atoms with van der Waals surface area (Å²) in [5, 5.41) is 20.1. The van der Waals surface area contributed by atoms with Crippen LogP contribution in [0.4, 0.5) is 5.69 Å². The Kier molecular flexibility index (Phi) is 5.37. The van der Waals surface area contributed by atoms with Crippen molar-refractivity contribution in [3.8, 4) is 22.8 Å². The second kappa shape index (κ2) is 7.88. The number of non-ortho nitro benzene ring substituents is 1. The van der Waals surface area contributed by atoms with Gasteiger partial charge in [0.2, 0.25) is 0 Å². The van der Waals surface area contributed by atoms with E-state index in [0.717, 1.165) is 11.3 Å². The smallest absolute Gasteiger partial charge is 0.340 e. The first-order chi connectivity index (χ1) is 12.7. The van der Waals surface area contributed by atoms with Crippen molar-refractivity contribution in [2.45, 2.75) is 0 Å². The maximum atomic E-state index is 10.9. The van der Waals surface area contributed by atoms with E-state index < -0.39 is 4.92 Å². The zero-order valence-electron chi connectivity index (χ0n) is 14.0. The fraction of sp³-hybridized carbons (Fsp3) is 0. The van der Waals surface area contributed by atoms with Gasteiger partial charge in [0.05, 0.1) is 15.6 Å². The number of tetrazole rings is 1. The van der Waals surface area contributed by atoms with E-state index in [1.807, 2.05) is 60.7 Å². The molecule has 134 valence electrons. The molecule has 4 aromatic rings. The normalized spacial score (nSPS) is 10.2. The third-order valence-corrected chi connectivity index (χ3v) is 3.87. The van der Waals surface area contributed by atoms with Crippen LogP contribution in [-0.2, 0) is 0 Å². The highest BCUT2D eigenvalue weighted by Crippen LogP contribution is 2.16. The summed E-state index contributed by atoms with van der Waals surface area (Å²) in [7, 11) is 0. The highest BCUT2D eigenvalue weighted by atomic mass is 79.9. The maximum Gasteiger partial charge on any atom is 0.340 e. The van der Waals surface area contributed by atoms with Crippen LogP contribution < -0.4 is 21.8 Å². The molecular weight excluding hydrogens is 410 g/mol. The van der Waals surface area contributed by atoms with Crippen molar-refractivity contribution in [1.29, 1.82) is 0 Å². The van der Waals surface area contributed by atoms with Gasteiger partial charge >= 0.3 is 5.82 Å². The van der Waals surface area contributed by atoms with Crippen molar-refractivity contribution < 1.29 is 26.7 Å². The zero-order valence-corrected chi connectivity index (χ0v) is 15.6. The van der Waals surface area contributed by atoms with Crippen LogP contribution in [0.3, 0.4) is 0 Å². The molecule has 0 spiro atoms. The van der Waals surface area contributed by atoms with Crippen molar-refractivity contribution in [1.82, 2.24) is 15.0 Å². The summed E-state index contributed by atoms with van der Waals surface area (Å²) in [5.41, 5.74) is 2.43. The Morgan fingerprint density at radius 1 is 0.852 bits per heavy atom. The number of halogens is 1. The van der Waals surface area contributed by atoms with Crippen LogP contribution in [0.1, 0.15) is 0 Å². The van der Waals surface area contributed by atoms with Gasteiger partial charge in [0, 0.05) is 16.9 Å². The van der Waals surface area contributed by atoms with Gasteiger partial charge in [-0.2, -0.15) is 0 Å². The largest absolute Gasteiger partial charge is 1.00 e. The first-order valence-electron chi connectivity index (χ1n) is 7.98. The number of nitro benzene ring substituents is 1. The number of benzene rings is 3. The van der Waals surface area contributed by atoms with Crippen molar-refractivity contribution in [2.24, 2.45) is 0 Å². The number of hydrogen-bond donors (Lipinski definition) is 0. The number of nitrogens with zero attached hydrogens (tertiary/aromatic N) is 5. The number of hydrogen-bond acceptors (Lipinski definition) is 4. The van der Waals surface area contributed by atoms with Crippen LogP contribution in [0.2, 0.25) is 0 Å². The molecule has 0 atom stereocenters. The van der Waals surface area contributed by atoms with Crippen LogP contribution in [-0.4, -0.2) is 19.9 Å². The Hall–Kier alpha value is -3.39. The van der Waals surface area contributed by atoms with Crippen LogP contribution in [0.5, 0.6) is 0 Å². The van der Waals surface area contributed by atoms with Crippen LogP contribution in [0, 0.1) is 10.1 Å². The molecule has 0 N–H and O–H groups in total. The minimum absolute atomic E-state index is 0. The van der Waals surface area contributed by atoms with Crippen molar-refractivity contribution in [3.63, 3.8) is 0 Å². The molecular formula is C19H14BrN5O2. The number of rotatable bonds is 4. The lowest BCUT2D eigenvalue weighted by atomic mass is 10.2. The molecule has 0 amide bonds. The topological polar surface area (TPSA) is 77.7 Å². The van der Waals surface area contributed by atoms with E-state index in [1.54, 1.807) is 21.7 Å². The molecule has 1 aromatic heterocycles. The summed E-state index contributed by atoms with van der Waals surface area (Å²) < 4.78 is 0. The second-order valence-electron chi connectivity index (χ2n) is 5.58. The minimum Gasteiger partial charge on any atom is -1.00 e. The highest BCUT2D eigenvalue weighted by molar-refractivity contribution is 5.53. The molecule has 4 rings (SSSR count). The van der Waals surface area contributed by atoms with Gasteiger partial charge in [0.25, 0.3) is 5.69 Å². The summed E-state index contributed by atoms with van der Waals surface area (Å²) >= 11 is 0. The fourth-order valence-corrected chi connectivity index (χ4v) is 2.59. The summed E-state index contributed by atoms with van der Waals surface area (Å²) in [6.45, 7) is 0. The third-order valence-electron chi connectivity index (χ3n) is 3.87. The summed E-state index contributed by atoms with van der Waals surface area (Å²) in [6.07, 6.45) is 0. The Bertz CT molecular complexity index is 1050. The molecule has 0 radical (unpaired) electrons. The van der Waals surface area contributed by atoms with Crippen molar-refractivity contribution >= 4 is 5.69 Å². The highest BCUT2D eigenvalue weighted by Gasteiger charge is 2.23. The van der Waals surface area contributed by atoms with Gasteiger partial charge in [-0.05, 0) is 46.3 Å². The number of aromatic nitrogens is 4. The molecule has 7 nitrogen and oxygen atoms in total. The lowest BCUT2D eigenvalue weighted by Crippen LogP contribution is -3.00. The SMILES string of the molecule is O=[N+]([O-])c1ccc(-[n+]2nc(-c3ccccc3)nn2-c2ccccc2)cc1.[Br-]. The number of nitro groups is 1. The molecule has 0 fully saturated rings. The van der Waals surface area contributed by atoms with Gasteiger partial charge in [-0.1, -0.05) is 36.4 Å². The van der Waals surface area contributed by atoms with Crippen LogP contribution >= 0.6 is 0 Å². The molecule has 0 aliphatic rings. The van der Waals surface area contributed by atoms with E-state index in [0.29, 0.717) is 11.5 Å². The molecule has 0 bridgehead atoms. The quantitative estimate of drug-likeness (QED) is 0.265. The maximum absolute atomic E-state index is 10.9. The molecule has 27 heavy (non-hydrogen) atoms. The predicted molar refractivity (Wildman–Crippen MR) is 95.0 cm³/mol. The molecule has 0 aliphatic carbocycles. The van der Waals surface area contributed by atoms with Crippen LogP contribution in [0.15, 0.2) is 84.9 Å². The standard InChI is InChI=1S/C19H14N5O2.BrH/c25-24(26)18-13-11-17(12-14-18)23-21-19(15-7-3-1-4-8-15)20-22(23)16-9-5-2-6-10-16;/h1-14H;1H/q+1;/p-1. The molecule has 0 aliphatic heterocycles. The average molecular weight is 424 g/mol. The second-order valence-corrected chi connectivity index (χ2v) is 5.58. The molecule has 0 saturated heterocycles. The summed E-state index contributed by atoms with van der Waals surface area (Å²) in [6, 6.07) is 25.5. The van der Waals surface area contributed by atoms with E-state index in [9.17, 15) is 10.1 Å². The zero-order chi connectivity index (χ0) is 17.9. The van der Waals surface area contributed by atoms with Gasteiger partial charge in [0.15, 0.2) is 5.69 Å². The van der Waals surface area contributed by atoms with E-state index in [1.165, 1.54) is 12.1 Å². The minimum atomic E-state index is -0.425. The molecule has 3 aromatic carbocycles. The first kappa shape index (κ1) is 18.4. The average Bonchev–Trinajstić information content (AvgIpc) is 3.15. The Morgan fingerprint density at radius 2 is 1.44 bits per heavy atom. The number of para-hydroxylation sites is 1. The van der Waals surface area contributed by atoms with Crippen LogP contribution in [0.25, 0.3) is 22.8 Å². The Balaban J connectivity index is 0.00000210. The summed E-state index contributed by atoms with van der Waals surface area (Å²) in [4.78, 5) is 13.8. The van der Waals surface area contributed by atoms with E-state index in [4.69, 9.17) is 0 Å². The van der Waals surface area contributed by atoms with Gasteiger partial charge in [-0.25, -0.2) is 0 Å². The molecule has 0 unspecified atom stereocenters. The lowest BCUT2D eigenvalue weighted by Gasteiger charge is -1.99. The fourth-order valence-electron chi connectivity index (χ4n) is 2.59. The van der Waals surface area contributed by atoms with Gasteiger partial charge in [-0.3, -0.25) is 10.1 Å². The predicted octanol–water partition coefficient (Wildman–Crippen LogP) is 0.123. The summed E-state index contributed by atoms with van der Waals surface area (Å²) in [5.74, 6) is 0.563. The van der Waals surface area contributed by atoms with Gasteiger partial charge < -0.3 is 17.0 Å². The lowest BCUT2D eigenvalue weighted by molar-refractivity contribution is -0.734. The monoisotopic (exact) mass is 423 g/mol. The van der Waals surface area contributed by atoms with E-state index in [2.05, 4.69) is 10.2 Å².